The average Bonchev–Trinajstić information content (AvgIpc) is 2.29. The number of hydrogen-bond donors (Lipinski definition) is 0. The van der Waals surface area contributed by atoms with Gasteiger partial charge in [-0.25, -0.2) is 12.8 Å². The summed E-state index contributed by atoms with van der Waals surface area (Å²) in [5, 5.41) is 0. The Morgan fingerprint density at radius 2 is 1.95 bits per heavy atom. The van der Waals surface area contributed by atoms with Crippen LogP contribution < -0.4 is 0 Å². The number of nitrogens with zero attached hydrogens (tertiary/aromatic N) is 1. The van der Waals surface area contributed by atoms with Crippen LogP contribution in [0.25, 0.3) is 0 Å². The first kappa shape index (κ1) is 16.9. The normalized spacial score (nSPS) is 11.8. The fraction of sp³-hybridized carbons (Fsp3) is 0.462. The van der Waals surface area contributed by atoms with Gasteiger partial charge in [0.1, 0.15) is 10.7 Å². The molecule has 1 aromatic carbocycles. The van der Waals surface area contributed by atoms with Crippen molar-refractivity contribution in [3.63, 3.8) is 0 Å². The molecule has 0 saturated heterocycles. The van der Waals surface area contributed by atoms with Gasteiger partial charge in [0, 0.05) is 29.8 Å². The summed E-state index contributed by atoms with van der Waals surface area (Å²) >= 11 is 0. The Hall–Kier alpha value is -1.14. The van der Waals surface area contributed by atoms with Crippen LogP contribution in [0.3, 0.4) is 0 Å². The van der Waals surface area contributed by atoms with Crippen molar-refractivity contribution in [1.29, 1.82) is 0 Å². The predicted octanol–water partition coefficient (Wildman–Crippen LogP) is 2.79. The fourth-order valence-corrected chi connectivity index (χ4v) is 2.87. The molecule has 4 nitrogen and oxygen atoms in total. The minimum atomic E-state index is -4.23. The van der Waals surface area contributed by atoms with E-state index in [1.807, 2.05) is 13.8 Å². The van der Waals surface area contributed by atoms with Crippen molar-refractivity contribution in [3.8, 4) is 0 Å². The highest BCUT2D eigenvalue weighted by Gasteiger charge is 2.22. The smallest absolute Gasteiger partial charge is 0.264 e. The first-order valence-corrected chi connectivity index (χ1v) is 8.35. The summed E-state index contributed by atoms with van der Waals surface area (Å²) in [6, 6.07) is 2.30. The minimum absolute atomic E-state index is 0.0630. The van der Waals surface area contributed by atoms with Gasteiger partial charge in [0.25, 0.3) is 15.0 Å². The molecule has 0 atom stereocenters. The zero-order chi connectivity index (χ0) is 15.7. The Kier molecular flexibility index (Phi) is 5.15. The van der Waals surface area contributed by atoms with Crippen LogP contribution in [0, 0.1) is 18.7 Å². The summed E-state index contributed by atoms with van der Waals surface area (Å²) < 4.78 is 36.4. The molecular weight excluding hydrogens is 305 g/mol. The molecule has 0 saturated carbocycles. The topological polar surface area (TPSA) is 54.5 Å². The number of aryl methyl sites for hydroxylation is 1. The van der Waals surface area contributed by atoms with E-state index in [1.54, 1.807) is 7.05 Å². The molecule has 0 fully saturated rings. The van der Waals surface area contributed by atoms with Gasteiger partial charge in [-0.2, -0.15) is 0 Å². The molecule has 20 heavy (non-hydrogen) atoms. The molecule has 0 aliphatic carbocycles. The second-order valence-corrected chi connectivity index (χ2v) is 7.66. The van der Waals surface area contributed by atoms with E-state index in [0.717, 1.165) is 6.07 Å². The van der Waals surface area contributed by atoms with Gasteiger partial charge < -0.3 is 4.90 Å². The van der Waals surface area contributed by atoms with Gasteiger partial charge in [-0.3, -0.25) is 4.79 Å². The fourth-order valence-electron chi connectivity index (χ4n) is 1.89. The lowest BCUT2D eigenvalue weighted by Gasteiger charge is -2.20. The molecule has 112 valence electrons. The third kappa shape index (κ3) is 3.93. The molecule has 0 bridgehead atoms. The van der Waals surface area contributed by atoms with Crippen molar-refractivity contribution in [3.05, 3.63) is 29.1 Å². The number of rotatable bonds is 4. The number of hydrogen-bond acceptors (Lipinski definition) is 3. The molecule has 1 amide bonds. The van der Waals surface area contributed by atoms with Crippen LogP contribution >= 0.6 is 10.7 Å². The van der Waals surface area contributed by atoms with Crippen molar-refractivity contribution in [2.45, 2.75) is 25.7 Å². The van der Waals surface area contributed by atoms with E-state index in [0.29, 0.717) is 6.54 Å². The summed E-state index contributed by atoms with van der Waals surface area (Å²) in [4.78, 5) is 13.0. The maximum absolute atomic E-state index is 13.8. The molecule has 0 aromatic heterocycles. The second kappa shape index (κ2) is 6.10. The minimum Gasteiger partial charge on any atom is -0.341 e. The Balaban J connectivity index is 3.28. The van der Waals surface area contributed by atoms with Crippen LogP contribution in [-0.2, 0) is 9.05 Å². The molecule has 0 N–H and O–H groups in total. The standard InChI is InChI=1S/C13H17ClFNO3S/c1-8(2)7-16(4)13(17)10-5-9(3)12(15)11(6-10)20(14,18)19/h5-6,8H,7H2,1-4H3. The van der Waals surface area contributed by atoms with Crippen LogP contribution in [0.4, 0.5) is 4.39 Å². The summed E-state index contributed by atoms with van der Waals surface area (Å²) in [6.45, 7) is 5.81. The molecule has 7 heteroatoms. The number of carbonyl (C=O) groups excluding carboxylic acids is 1. The Labute approximate surface area is 123 Å². The number of halogens is 2. The van der Waals surface area contributed by atoms with Crippen LogP contribution in [-0.4, -0.2) is 32.8 Å². The zero-order valence-electron chi connectivity index (χ0n) is 11.8. The molecule has 0 aliphatic rings. The molecule has 0 aliphatic heterocycles. The van der Waals surface area contributed by atoms with Gasteiger partial charge >= 0.3 is 0 Å². The molecule has 0 unspecified atom stereocenters. The van der Waals surface area contributed by atoms with Crippen LogP contribution in [0.2, 0.25) is 0 Å². The first-order chi connectivity index (χ1) is 9.04. The summed E-state index contributed by atoms with van der Waals surface area (Å²) in [6.07, 6.45) is 0. The monoisotopic (exact) mass is 321 g/mol. The van der Waals surface area contributed by atoms with Crippen molar-refractivity contribution < 1.29 is 17.6 Å². The number of amides is 1. The Bertz CT molecular complexity index is 629. The molecule has 1 aromatic rings. The summed E-state index contributed by atoms with van der Waals surface area (Å²) in [7, 11) is 2.56. The zero-order valence-corrected chi connectivity index (χ0v) is 13.3. The van der Waals surface area contributed by atoms with E-state index in [1.165, 1.54) is 17.9 Å². The second-order valence-electron chi connectivity index (χ2n) is 5.12. The third-order valence-corrected chi connectivity index (χ3v) is 4.04. The molecule has 0 radical (unpaired) electrons. The van der Waals surface area contributed by atoms with E-state index in [2.05, 4.69) is 0 Å². The number of benzene rings is 1. The van der Waals surface area contributed by atoms with Crippen LogP contribution in [0.1, 0.15) is 29.8 Å². The van der Waals surface area contributed by atoms with Crippen LogP contribution in [0.15, 0.2) is 17.0 Å². The predicted molar refractivity (Wildman–Crippen MR) is 76.0 cm³/mol. The van der Waals surface area contributed by atoms with E-state index >= 15 is 0 Å². The highest BCUT2D eigenvalue weighted by atomic mass is 35.7. The highest BCUT2D eigenvalue weighted by Crippen LogP contribution is 2.24. The average molecular weight is 322 g/mol. The van der Waals surface area contributed by atoms with Crippen molar-refractivity contribution >= 4 is 25.6 Å². The van der Waals surface area contributed by atoms with Gasteiger partial charge in [0.15, 0.2) is 0 Å². The Morgan fingerprint density at radius 3 is 2.40 bits per heavy atom. The lowest BCUT2D eigenvalue weighted by atomic mass is 10.1. The first-order valence-electron chi connectivity index (χ1n) is 6.04. The third-order valence-electron chi connectivity index (χ3n) is 2.72. The van der Waals surface area contributed by atoms with E-state index in [9.17, 15) is 17.6 Å². The lowest BCUT2D eigenvalue weighted by molar-refractivity contribution is 0.0778. The van der Waals surface area contributed by atoms with Crippen molar-refractivity contribution in [2.75, 3.05) is 13.6 Å². The largest absolute Gasteiger partial charge is 0.341 e. The van der Waals surface area contributed by atoms with Gasteiger partial charge in [0.05, 0.1) is 0 Å². The van der Waals surface area contributed by atoms with E-state index < -0.39 is 19.8 Å². The quantitative estimate of drug-likeness (QED) is 0.801. The Morgan fingerprint density at radius 1 is 1.40 bits per heavy atom. The maximum atomic E-state index is 13.8. The SMILES string of the molecule is Cc1cc(C(=O)N(C)CC(C)C)cc(S(=O)(=O)Cl)c1F. The van der Waals surface area contributed by atoms with Gasteiger partial charge in [-0.15, -0.1) is 0 Å². The molecule has 0 heterocycles. The number of carbonyl (C=O) groups is 1. The van der Waals surface area contributed by atoms with E-state index in [4.69, 9.17) is 10.7 Å². The van der Waals surface area contributed by atoms with E-state index in [-0.39, 0.29) is 23.0 Å². The van der Waals surface area contributed by atoms with Gasteiger partial charge in [-0.1, -0.05) is 13.8 Å². The highest BCUT2D eigenvalue weighted by molar-refractivity contribution is 8.13. The van der Waals surface area contributed by atoms with Crippen LogP contribution in [0.5, 0.6) is 0 Å². The van der Waals surface area contributed by atoms with Crippen molar-refractivity contribution in [1.82, 2.24) is 4.90 Å². The summed E-state index contributed by atoms with van der Waals surface area (Å²) in [5.74, 6) is -1.03. The van der Waals surface area contributed by atoms with Gasteiger partial charge in [-0.05, 0) is 30.5 Å². The molecular formula is C13H17ClFNO3S. The van der Waals surface area contributed by atoms with Crippen molar-refractivity contribution in [2.24, 2.45) is 5.92 Å². The lowest BCUT2D eigenvalue weighted by Crippen LogP contribution is -2.30. The maximum Gasteiger partial charge on any atom is 0.264 e. The summed E-state index contributed by atoms with van der Waals surface area (Å²) in [5.41, 5.74) is 0.166. The molecule has 1 rings (SSSR count). The van der Waals surface area contributed by atoms with Gasteiger partial charge in [0.2, 0.25) is 0 Å². The molecule has 0 spiro atoms.